The van der Waals surface area contributed by atoms with Gasteiger partial charge in [0.2, 0.25) is 5.91 Å². The topological polar surface area (TPSA) is 61.9 Å². The lowest BCUT2D eigenvalue weighted by Gasteiger charge is -2.30. The summed E-state index contributed by atoms with van der Waals surface area (Å²) in [5, 5.41) is 3.18. The first-order valence-corrected chi connectivity index (χ1v) is 11.0. The van der Waals surface area contributed by atoms with E-state index in [0.717, 1.165) is 18.5 Å². The Morgan fingerprint density at radius 2 is 1.81 bits per heavy atom. The number of allylic oxidation sites excluding steroid dienone is 1. The molecule has 166 valence electrons. The molecular formula is C26H29N3O3. The van der Waals surface area contributed by atoms with Gasteiger partial charge in [-0.3, -0.25) is 9.59 Å². The first kappa shape index (κ1) is 21.7. The number of dihydropyridines is 1. The zero-order valence-electron chi connectivity index (χ0n) is 18.3. The molecule has 0 radical (unpaired) electrons. The van der Waals surface area contributed by atoms with Gasteiger partial charge in [-0.15, -0.1) is 0 Å². The molecule has 32 heavy (non-hydrogen) atoms. The van der Waals surface area contributed by atoms with Gasteiger partial charge in [-0.2, -0.15) is 0 Å². The van der Waals surface area contributed by atoms with Crippen molar-refractivity contribution in [1.29, 1.82) is 0 Å². The largest absolute Gasteiger partial charge is 0.484 e. The number of hydrogen-bond donors (Lipinski definition) is 1. The van der Waals surface area contributed by atoms with Gasteiger partial charge in [0.15, 0.2) is 6.61 Å². The third-order valence-corrected chi connectivity index (χ3v) is 5.95. The smallest absolute Gasteiger partial charge is 0.262 e. The third-order valence-electron chi connectivity index (χ3n) is 5.95. The summed E-state index contributed by atoms with van der Waals surface area (Å²) in [6.07, 6.45) is 7.59. The minimum Gasteiger partial charge on any atom is -0.484 e. The van der Waals surface area contributed by atoms with E-state index in [2.05, 4.69) is 17.4 Å². The summed E-state index contributed by atoms with van der Waals surface area (Å²) in [5.41, 5.74) is 2.19. The van der Waals surface area contributed by atoms with Gasteiger partial charge < -0.3 is 19.9 Å². The standard InChI is InChI=1S/C26H29N3O3/c1-28-24(15-14-20-9-4-2-5-10-20)29(25(30)19-32-22-12-6-3-7-13-22)23(26(28)31)17-21-11-8-16-27-18-21/h2-13,18,23-24,27H,14-17,19H2,1H3. The molecule has 0 aliphatic carbocycles. The van der Waals surface area contributed by atoms with E-state index in [1.807, 2.05) is 66.9 Å². The van der Waals surface area contributed by atoms with E-state index in [1.54, 1.807) is 16.8 Å². The van der Waals surface area contributed by atoms with Crippen LogP contribution >= 0.6 is 0 Å². The van der Waals surface area contributed by atoms with Crippen molar-refractivity contribution in [2.75, 3.05) is 20.2 Å². The maximum Gasteiger partial charge on any atom is 0.262 e. The average molecular weight is 432 g/mol. The summed E-state index contributed by atoms with van der Waals surface area (Å²) in [5.74, 6) is 0.429. The molecule has 1 fully saturated rings. The number of para-hydroxylation sites is 1. The number of ether oxygens (including phenoxy) is 1. The second-order valence-corrected chi connectivity index (χ2v) is 8.11. The molecule has 1 N–H and O–H groups in total. The summed E-state index contributed by atoms with van der Waals surface area (Å²) in [6.45, 7) is 0.673. The molecule has 1 saturated heterocycles. The Hall–Kier alpha value is -3.54. The van der Waals surface area contributed by atoms with E-state index in [4.69, 9.17) is 4.74 Å². The Balaban J connectivity index is 1.53. The zero-order chi connectivity index (χ0) is 22.3. The third kappa shape index (κ3) is 5.02. The van der Waals surface area contributed by atoms with Crippen LogP contribution in [0, 0.1) is 0 Å². The summed E-state index contributed by atoms with van der Waals surface area (Å²) in [6, 6.07) is 18.9. The fourth-order valence-corrected chi connectivity index (χ4v) is 4.30. The van der Waals surface area contributed by atoms with Gasteiger partial charge in [0, 0.05) is 20.0 Å². The fourth-order valence-electron chi connectivity index (χ4n) is 4.30. The van der Waals surface area contributed by atoms with Gasteiger partial charge >= 0.3 is 0 Å². The Morgan fingerprint density at radius 3 is 2.50 bits per heavy atom. The highest BCUT2D eigenvalue weighted by Gasteiger charge is 2.46. The number of nitrogens with zero attached hydrogens (tertiary/aromatic N) is 2. The van der Waals surface area contributed by atoms with Gasteiger partial charge in [-0.05, 0) is 42.3 Å². The van der Waals surface area contributed by atoms with Crippen LogP contribution in [-0.4, -0.2) is 54.0 Å². The summed E-state index contributed by atoms with van der Waals surface area (Å²) < 4.78 is 5.74. The molecule has 2 atom stereocenters. The highest BCUT2D eigenvalue weighted by atomic mass is 16.5. The van der Waals surface area contributed by atoms with Crippen LogP contribution in [-0.2, 0) is 16.0 Å². The Kier molecular flexibility index (Phi) is 6.90. The highest BCUT2D eigenvalue weighted by molar-refractivity contribution is 5.92. The van der Waals surface area contributed by atoms with Crippen LogP contribution in [0.5, 0.6) is 5.75 Å². The Morgan fingerprint density at radius 1 is 1.09 bits per heavy atom. The van der Waals surface area contributed by atoms with E-state index >= 15 is 0 Å². The number of benzene rings is 2. The van der Waals surface area contributed by atoms with Crippen LogP contribution in [0.3, 0.4) is 0 Å². The minimum absolute atomic E-state index is 0.0315. The van der Waals surface area contributed by atoms with E-state index in [-0.39, 0.29) is 24.6 Å². The quantitative estimate of drug-likeness (QED) is 0.698. The number of hydrogen-bond acceptors (Lipinski definition) is 4. The van der Waals surface area contributed by atoms with Crippen LogP contribution in [0.4, 0.5) is 0 Å². The average Bonchev–Trinajstić information content (AvgIpc) is 3.07. The van der Waals surface area contributed by atoms with Crippen molar-refractivity contribution in [2.45, 2.75) is 31.5 Å². The second-order valence-electron chi connectivity index (χ2n) is 8.11. The van der Waals surface area contributed by atoms with Gasteiger partial charge in [-0.25, -0.2) is 0 Å². The van der Waals surface area contributed by atoms with Gasteiger partial charge in [-0.1, -0.05) is 60.7 Å². The van der Waals surface area contributed by atoms with Crippen LogP contribution < -0.4 is 10.1 Å². The molecule has 6 heteroatoms. The van der Waals surface area contributed by atoms with Crippen LogP contribution in [0.2, 0.25) is 0 Å². The van der Waals surface area contributed by atoms with E-state index in [0.29, 0.717) is 18.6 Å². The number of nitrogens with one attached hydrogen (secondary N) is 1. The van der Waals surface area contributed by atoms with Gasteiger partial charge in [0.25, 0.3) is 5.91 Å². The molecule has 0 saturated carbocycles. The number of carbonyl (C=O) groups is 2. The number of amides is 2. The van der Waals surface area contributed by atoms with Crippen molar-refractivity contribution in [3.05, 3.63) is 90.2 Å². The minimum atomic E-state index is -0.538. The van der Waals surface area contributed by atoms with Gasteiger partial charge in [0.05, 0.1) is 0 Å². The molecule has 2 amide bonds. The number of rotatable bonds is 8. The molecule has 0 spiro atoms. The molecule has 0 bridgehead atoms. The lowest BCUT2D eigenvalue weighted by Crippen LogP contribution is -2.46. The van der Waals surface area contributed by atoms with E-state index < -0.39 is 6.04 Å². The number of aryl methyl sites for hydroxylation is 1. The summed E-state index contributed by atoms with van der Waals surface area (Å²) in [7, 11) is 1.79. The van der Waals surface area contributed by atoms with Crippen LogP contribution in [0.1, 0.15) is 18.4 Å². The lowest BCUT2D eigenvalue weighted by atomic mass is 10.0. The van der Waals surface area contributed by atoms with Crippen LogP contribution in [0.25, 0.3) is 0 Å². The zero-order valence-corrected chi connectivity index (χ0v) is 18.3. The van der Waals surface area contributed by atoms with Crippen molar-refractivity contribution >= 4 is 11.8 Å². The molecule has 6 nitrogen and oxygen atoms in total. The molecule has 2 aliphatic rings. The molecule has 2 unspecified atom stereocenters. The van der Waals surface area contributed by atoms with Crippen molar-refractivity contribution in [3.63, 3.8) is 0 Å². The van der Waals surface area contributed by atoms with Crippen molar-refractivity contribution in [3.8, 4) is 5.75 Å². The fraction of sp³-hybridized carbons (Fsp3) is 0.308. The van der Waals surface area contributed by atoms with Gasteiger partial charge in [0.1, 0.15) is 18.0 Å². The first-order valence-electron chi connectivity index (χ1n) is 11.0. The molecular weight excluding hydrogens is 402 g/mol. The predicted octanol–water partition coefficient (Wildman–Crippen LogP) is 3.13. The number of carbonyl (C=O) groups excluding carboxylic acids is 2. The Bertz CT molecular complexity index is 988. The Labute approximate surface area is 189 Å². The second kappa shape index (κ2) is 10.2. The molecule has 2 aromatic carbocycles. The van der Waals surface area contributed by atoms with Crippen molar-refractivity contribution < 1.29 is 14.3 Å². The molecule has 2 aliphatic heterocycles. The van der Waals surface area contributed by atoms with E-state index in [9.17, 15) is 9.59 Å². The summed E-state index contributed by atoms with van der Waals surface area (Å²) >= 11 is 0. The maximum absolute atomic E-state index is 13.4. The van der Waals surface area contributed by atoms with Crippen LogP contribution in [0.15, 0.2) is 84.6 Å². The van der Waals surface area contributed by atoms with Crippen molar-refractivity contribution in [1.82, 2.24) is 15.1 Å². The highest BCUT2D eigenvalue weighted by Crippen LogP contribution is 2.29. The molecule has 2 heterocycles. The maximum atomic E-state index is 13.4. The van der Waals surface area contributed by atoms with E-state index in [1.165, 1.54) is 5.56 Å². The SMILES string of the molecule is CN1C(=O)C(CC2=CNCC=C2)N(C(=O)COc2ccccc2)C1CCc1ccccc1. The monoisotopic (exact) mass is 431 g/mol. The lowest BCUT2D eigenvalue weighted by molar-refractivity contribution is -0.138. The molecule has 2 aromatic rings. The number of likely N-dealkylation sites (N-methyl/N-ethyl adjacent to an activating group) is 1. The predicted molar refractivity (Wildman–Crippen MR) is 124 cm³/mol. The summed E-state index contributed by atoms with van der Waals surface area (Å²) in [4.78, 5) is 30.0. The molecule has 0 aromatic heterocycles. The van der Waals surface area contributed by atoms with Crippen molar-refractivity contribution in [2.24, 2.45) is 0 Å². The normalized spacial score (nSPS) is 20.2. The first-order chi connectivity index (χ1) is 15.6. The molecule has 4 rings (SSSR count).